The lowest BCUT2D eigenvalue weighted by Crippen LogP contribution is -2.33. The zero-order valence-corrected chi connectivity index (χ0v) is 10.5. The number of H-pyrrole nitrogens is 1. The molecule has 0 saturated heterocycles. The minimum Gasteiger partial charge on any atom is -0.349 e. The maximum atomic E-state index is 11.8. The molecule has 17 heavy (non-hydrogen) atoms. The number of amides is 1. The number of hydrogen-bond donors (Lipinski definition) is 2. The van der Waals surface area contributed by atoms with Crippen molar-refractivity contribution in [1.29, 1.82) is 0 Å². The molecule has 1 aliphatic carbocycles. The molecule has 1 aromatic rings. The van der Waals surface area contributed by atoms with E-state index in [-0.39, 0.29) is 5.91 Å². The lowest BCUT2D eigenvalue weighted by molar-refractivity contribution is 0.0945. The molecule has 1 fully saturated rings. The second kappa shape index (κ2) is 5.31. The lowest BCUT2D eigenvalue weighted by Gasteiger charge is -2.13. The van der Waals surface area contributed by atoms with Crippen LogP contribution in [0.4, 0.5) is 0 Å². The number of aromatic amines is 1. The Bertz CT molecular complexity index is 384. The van der Waals surface area contributed by atoms with Crippen molar-refractivity contribution < 1.29 is 4.79 Å². The highest BCUT2D eigenvalue weighted by Crippen LogP contribution is 2.38. The van der Waals surface area contributed by atoms with Gasteiger partial charge in [0.2, 0.25) is 0 Å². The molecule has 1 aliphatic rings. The van der Waals surface area contributed by atoms with E-state index in [2.05, 4.69) is 27.3 Å². The highest BCUT2D eigenvalue weighted by atomic mass is 16.1. The van der Waals surface area contributed by atoms with Crippen molar-refractivity contribution in [3.63, 3.8) is 0 Å². The quantitative estimate of drug-likeness (QED) is 0.773. The minimum atomic E-state index is -0.0855. The van der Waals surface area contributed by atoms with Crippen LogP contribution in [-0.4, -0.2) is 47.7 Å². The van der Waals surface area contributed by atoms with Crippen molar-refractivity contribution in [3.05, 3.63) is 17.5 Å². The predicted molar refractivity (Wildman–Crippen MR) is 66.1 cm³/mol. The first-order chi connectivity index (χ1) is 8.20. The monoisotopic (exact) mass is 236 g/mol. The van der Waals surface area contributed by atoms with Gasteiger partial charge in [-0.15, -0.1) is 0 Å². The fourth-order valence-electron chi connectivity index (χ4n) is 1.67. The Morgan fingerprint density at radius 3 is 3.06 bits per heavy atom. The fraction of sp³-hybridized carbons (Fsp3) is 0.667. The van der Waals surface area contributed by atoms with Crippen molar-refractivity contribution in [2.45, 2.75) is 25.7 Å². The molecule has 5 nitrogen and oxygen atoms in total. The van der Waals surface area contributed by atoms with E-state index in [4.69, 9.17) is 0 Å². The SMILES string of the molecule is CCN(C)CCNC(=O)c1cc(C2CC2)[nH]n1. The van der Waals surface area contributed by atoms with Gasteiger partial charge in [-0.1, -0.05) is 6.92 Å². The Balaban J connectivity index is 1.78. The summed E-state index contributed by atoms with van der Waals surface area (Å²) in [5.74, 6) is 0.521. The number of aromatic nitrogens is 2. The van der Waals surface area contributed by atoms with Crippen LogP contribution in [-0.2, 0) is 0 Å². The molecule has 0 aromatic carbocycles. The van der Waals surface area contributed by atoms with Gasteiger partial charge in [0.1, 0.15) is 5.69 Å². The highest BCUT2D eigenvalue weighted by Gasteiger charge is 2.26. The van der Waals surface area contributed by atoms with E-state index >= 15 is 0 Å². The van der Waals surface area contributed by atoms with E-state index in [9.17, 15) is 4.79 Å². The van der Waals surface area contributed by atoms with Crippen LogP contribution >= 0.6 is 0 Å². The molecule has 5 heteroatoms. The van der Waals surface area contributed by atoms with Gasteiger partial charge in [-0.25, -0.2) is 0 Å². The van der Waals surface area contributed by atoms with Gasteiger partial charge in [0.15, 0.2) is 0 Å². The molecule has 1 heterocycles. The van der Waals surface area contributed by atoms with E-state index in [1.165, 1.54) is 12.8 Å². The molecule has 0 bridgehead atoms. The van der Waals surface area contributed by atoms with Gasteiger partial charge in [-0.05, 0) is 32.5 Å². The average molecular weight is 236 g/mol. The second-order valence-electron chi connectivity index (χ2n) is 4.63. The smallest absolute Gasteiger partial charge is 0.271 e. The zero-order chi connectivity index (χ0) is 12.3. The summed E-state index contributed by atoms with van der Waals surface area (Å²) in [6.45, 7) is 4.61. The first kappa shape index (κ1) is 12.1. The number of nitrogens with one attached hydrogen (secondary N) is 2. The molecule has 2 rings (SSSR count). The van der Waals surface area contributed by atoms with Crippen LogP contribution < -0.4 is 5.32 Å². The summed E-state index contributed by atoms with van der Waals surface area (Å²) in [4.78, 5) is 13.9. The van der Waals surface area contributed by atoms with Gasteiger partial charge in [0.05, 0.1) is 0 Å². The maximum absolute atomic E-state index is 11.8. The van der Waals surface area contributed by atoms with E-state index in [1.54, 1.807) is 0 Å². The van der Waals surface area contributed by atoms with E-state index in [0.29, 0.717) is 18.2 Å². The van der Waals surface area contributed by atoms with Gasteiger partial charge in [-0.2, -0.15) is 5.10 Å². The minimum absolute atomic E-state index is 0.0855. The molecule has 1 amide bonds. The summed E-state index contributed by atoms with van der Waals surface area (Å²) in [6.07, 6.45) is 2.43. The van der Waals surface area contributed by atoms with E-state index in [0.717, 1.165) is 18.8 Å². The van der Waals surface area contributed by atoms with Gasteiger partial charge in [-0.3, -0.25) is 9.89 Å². The fourth-order valence-corrected chi connectivity index (χ4v) is 1.67. The van der Waals surface area contributed by atoms with Crippen molar-refractivity contribution >= 4 is 5.91 Å². The Kier molecular flexibility index (Phi) is 3.78. The standard InChI is InChI=1S/C12H20N4O/c1-3-16(2)7-6-13-12(17)11-8-10(14-15-11)9-4-5-9/h8-9H,3-7H2,1-2H3,(H,13,17)(H,14,15). The maximum Gasteiger partial charge on any atom is 0.271 e. The van der Waals surface area contributed by atoms with Crippen molar-refractivity contribution in [3.8, 4) is 0 Å². The largest absolute Gasteiger partial charge is 0.349 e. The van der Waals surface area contributed by atoms with Gasteiger partial charge >= 0.3 is 0 Å². The van der Waals surface area contributed by atoms with Crippen LogP contribution in [0.2, 0.25) is 0 Å². The molecule has 1 saturated carbocycles. The summed E-state index contributed by atoms with van der Waals surface area (Å²) < 4.78 is 0. The third-order valence-electron chi connectivity index (χ3n) is 3.17. The highest BCUT2D eigenvalue weighted by molar-refractivity contribution is 5.92. The molecule has 2 N–H and O–H groups in total. The number of carbonyl (C=O) groups is 1. The third-order valence-corrected chi connectivity index (χ3v) is 3.17. The van der Waals surface area contributed by atoms with E-state index in [1.807, 2.05) is 13.1 Å². The number of hydrogen-bond acceptors (Lipinski definition) is 3. The Morgan fingerprint density at radius 1 is 1.65 bits per heavy atom. The molecule has 94 valence electrons. The topological polar surface area (TPSA) is 61.0 Å². The summed E-state index contributed by atoms with van der Waals surface area (Å²) in [6, 6.07) is 1.87. The molecule has 0 atom stereocenters. The van der Waals surface area contributed by atoms with Crippen LogP contribution in [0, 0.1) is 0 Å². The number of nitrogens with zero attached hydrogens (tertiary/aromatic N) is 2. The van der Waals surface area contributed by atoms with Crippen LogP contribution in [0.25, 0.3) is 0 Å². The first-order valence-electron chi connectivity index (χ1n) is 6.22. The normalized spacial score (nSPS) is 15.2. The molecule has 0 spiro atoms. The van der Waals surface area contributed by atoms with Gasteiger partial charge < -0.3 is 10.2 Å². The van der Waals surface area contributed by atoms with E-state index < -0.39 is 0 Å². The van der Waals surface area contributed by atoms with Crippen LogP contribution in [0.15, 0.2) is 6.07 Å². The molecule has 0 radical (unpaired) electrons. The summed E-state index contributed by atoms with van der Waals surface area (Å²) in [5.41, 5.74) is 1.60. The number of carbonyl (C=O) groups excluding carboxylic acids is 1. The summed E-state index contributed by atoms with van der Waals surface area (Å²) >= 11 is 0. The number of rotatable bonds is 6. The van der Waals surface area contributed by atoms with Gasteiger partial charge in [0, 0.05) is 24.7 Å². The lowest BCUT2D eigenvalue weighted by atomic mass is 10.2. The molecular formula is C12H20N4O. The molecular weight excluding hydrogens is 216 g/mol. The van der Waals surface area contributed by atoms with Crippen LogP contribution in [0.5, 0.6) is 0 Å². The summed E-state index contributed by atoms with van der Waals surface area (Å²) in [5, 5.41) is 9.86. The van der Waals surface area contributed by atoms with Crippen molar-refractivity contribution in [1.82, 2.24) is 20.4 Å². The predicted octanol–water partition coefficient (Wildman–Crippen LogP) is 0.969. The van der Waals surface area contributed by atoms with Crippen LogP contribution in [0.3, 0.4) is 0 Å². The van der Waals surface area contributed by atoms with Crippen LogP contribution in [0.1, 0.15) is 41.9 Å². The zero-order valence-electron chi connectivity index (χ0n) is 10.5. The third kappa shape index (κ3) is 3.30. The van der Waals surface area contributed by atoms with Crippen molar-refractivity contribution in [2.75, 3.05) is 26.7 Å². The first-order valence-corrected chi connectivity index (χ1v) is 6.22. The number of likely N-dealkylation sites (N-methyl/N-ethyl adjacent to an activating group) is 1. The molecule has 0 aliphatic heterocycles. The Morgan fingerprint density at radius 2 is 2.41 bits per heavy atom. The van der Waals surface area contributed by atoms with Crippen molar-refractivity contribution in [2.24, 2.45) is 0 Å². The molecule has 0 unspecified atom stereocenters. The Hall–Kier alpha value is -1.36. The average Bonchev–Trinajstić information content (AvgIpc) is 3.06. The van der Waals surface area contributed by atoms with Gasteiger partial charge in [0.25, 0.3) is 5.91 Å². The summed E-state index contributed by atoms with van der Waals surface area (Å²) in [7, 11) is 2.03. The Labute approximate surface area is 102 Å². The second-order valence-corrected chi connectivity index (χ2v) is 4.63. The molecule has 1 aromatic heterocycles.